The molecule has 1 aromatic rings. The van der Waals surface area contributed by atoms with Crippen molar-refractivity contribution in [2.24, 2.45) is 5.73 Å². The maximum Gasteiger partial charge on any atom is 0.119 e. The smallest absolute Gasteiger partial charge is 0.119 e. The quantitative estimate of drug-likeness (QED) is 0.474. The fourth-order valence-electron chi connectivity index (χ4n) is 1.71. The van der Waals surface area contributed by atoms with Gasteiger partial charge in [0.1, 0.15) is 11.7 Å². The Balaban J connectivity index is 2.37. The Bertz CT molecular complexity index is 302. The van der Waals surface area contributed by atoms with E-state index in [2.05, 4.69) is 9.55 Å². The molecule has 4 heteroatoms. The normalized spacial score (nSPS) is 21.8. The van der Waals surface area contributed by atoms with E-state index in [0.717, 1.165) is 25.2 Å². The van der Waals surface area contributed by atoms with E-state index in [1.54, 1.807) is 6.20 Å². The summed E-state index contributed by atoms with van der Waals surface area (Å²) < 4.78 is 2.08. The number of amidine groups is 1. The van der Waals surface area contributed by atoms with Gasteiger partial charge in [0, 0.05) is 18.9 Å². The molecule has 0 amide bonds. The number of nitrogens with one attached hydrogen (secondary N) is 1. The summed E-state index contributed by atoms with van der Waals surface area (Å²) in [5.41, 5.74) is 5.47. The summed E-state index contributed by atoms with van der Waals surface area (Å²) in [5.74, 6) is 1.24. The first-order valence-electron chi connectivity index (χ1n) is 4.14. The molecule has 1 unspecified atom stereocenters. The summed E-state index contributed by atoms with van der Waals surface area (Å²) in [4.78, 5) is 4.20. The third-order valence-electron chi connectivity index (χ3n) is 2.33. The standard InChI is InChI=1S/C8H12N4/c9-7(10)6-2-1-4-12-5-3-11-8(6)12/h3,5-6H,1-2,4H2,(H3,9,10). The van der Waals surface area contributed by atoms with Crippen LogP contribution in [0.3, 0.4) is 0 Å². The van der Waals surface area contributed by atoms with Crippen LogP contribution in [0.5, 0.6) is 0 Å². The summed E-state index contributed by atoms with van der Waals surface area (Å²) in [6.45, 7) is 1.01. The van der Waals surface area contributed by atoms with Crippen LogP contribution in [-0.4, -0.2) is 15.4 Å². The van der Waals surface area contributed by atoms with Crippen LogP contribution in [0.1, 0.15) is 24.6 Å². The Kier molecular flexibility index (Phi) is 1.60. The van der Waals surface area contributed by atoms with Crippen LogP contribution in [0, 0.1) is 5.41 Å². The van der Waals surface area contributed by atoms with Crippen LogP contribution in [-0.2, 0) is 6.54 Å². The number of aromatic nitrogens is 2. The Morgan fingerprint density at radius 3 is 3.33 bits per heavy atom. The molecule has 0 saturated carbocycles. The average Bonchev–Trinajstić information content (AvgIpc) is 2.49. The molecule has 0 fully saturated rings. The van der Waals surface area contributed by atoms with Gasteiger partial charge in [0.15, 0.2) is 0 Å². The second-order valence-corrected chi connectivity index (χ2v) is 3.13. The summed E-state index contributed by atoms with van der Waals surface area (Å²) in [6, 6.07) is 0. The van der Waals surface area contributed by atoms with Crippen LogP contribution in [0.2, 0.25) is 0 Å². The zero-order chi connectivity index (χ0) is 8.55. The highest BCUT2D eigenvalue weighted by atomic mass is 15.1. The third kappa shape index (κ3) is 0.995. The predicted octanol–water partition coefficient (Wildman–Crippen LogP) is 0.696. The Labute approximate surface area is 70.9 Å². The summed E-state index contributed by atoms with van der Waals surface area (Å²) in [5, 5.41) is 7.38. The number of hydrogen-bond acceptors (Lipinski definition) is 2. The SMILES string of the molecule is N=C(N)C1CCCn2ccnc21. The number of hydrogen-bond donors (Lipinski definition) is 2. The van der Waals surface area contributed by atoms with Crippen molar-refractivity contribution in [2.45, 2.75) is 25.3 Å². The van der Waals surface area contributed by atoms with E-state index in [1.807, 2.05) is 6.20 Å². The van der Waals surface area contributed by atoms with Gasteiger partial charge in [-0.15, -0.1) is 0 Å². The van der Waals surface area contributed by atoms with Gasteiger partial charge in [-0.25, -0.2) is 4.98 Å². The van der Waals surface area contributed by atoms with E-state index in [0.29, 0.717) is 0 Å². The predicted molar refractivity (Wildman–Crippen MR) is 46.1 cm³/mol. The summed E-state index contributed by atoms with van der Waals surface area (Å²) >= 11 is 0. The first-order valence-corrected chi connectivity index (χ1v) is 4.14. The van der Waals surface area contributed by atoms with Crippen molar-refractivity contribution in [3.8, 4) is 0 Å². The van der Waals surface area contributed by atoms with Gasteiger partial charge < -0.3 is 10.3 Å². The number of fused-ring (bicyclic) bond motifs is 1. The highest BCUT2D eigenvalue weighted by molar-refractivity contribution is 5.83. The minimum absolute atomic E-state index is 0.0498. The minimum Gasteiger partial charge on any atom is -0.387 e. The lowest BCUT2D eigenvalue weighted by Gasteiger charge is -2.21. The molecule has 12 heavy (non-hydrogen) atoms. The molecule has 1 aliphatic rings. The molecule has 0 aliphatic carbocycles. The van der Waals surface area contributed by atoms with Crippen molar-refractivity contribution >= 4 is 5.84 Å². The Morgan fingerprint density at radius 2 is 2.58 bits per heavy atom. The zero-order valence-corrected chi connectivity index (χ0v) is 6.83. The summed E-state index contributed by atoms with van der Waals surface area (Å²) in [6.07, 6.45) is 5.78. The van der Waals surface area contributed by atoms with Crippen LogP contribution in [0.15, 0.2) is 12.4 Å². The summed E-state index contributed by atoms with van der Waals surface area (Å²) in [7, 11) is 0. The zero-order valence-electron chi connectivity index (χ0n) is 6.83. The molecule has 0 saturated heterocycles. The Hall–Kier alpha value is -1.32. The van der Waals surface area contributed by atoms with E-state index in [1.165, 1.54) is 0 Å². The van der Waals surface area contributed by atoms with Gasteiger partial charge in [-0.05, 0) is 12.8 Å². The van der Waals surface area contributed by atoms with E-state index < -0.39 is 0 Å². The molecule has 2 rings (SSSR count). The van der Waals surface area contributed by atoms with Gasteiger partial charge in [-0.2, -0.15) is 0 Å². The van der Waals surface area contributed by atoms with Gasteiger partial charge in [0.25, 0.3) is 0 Å². The third-order valence-corrected chi connectivity index (χ3v) is 2.33. The molecular weight excluding hydrogens is 152 g/mol. The van der Waals surface area contributed by atoms with Crippen molar-refractivity contribution in [1.82, 2.24) is 9.55 Å². The number of rotatable bonds is 1. The van der Waals surface area contributed by atoms with Gasteiger partial charge in [0.05, 0.1) is 5.92 Å². The lowest BCUT2D eigenvalue weighted by molar-refractivity contribution is 0.498. The van der Waals surface area contributed by atoms with Crippen LogP contribution in [0.25, 0.3) is 0 Å². The van der Waals surface area contributed by atoms with E-state index in [-0.39, 0.29) is 11.8 Å². The van der Waals surface area contributed by atoms with Gasteiger partial charge in [-0.3, -0.25) is 5.41 Å². The highest BCUT2D eigenvalue weighted by Crippen LogP contribution is 2.24. The Morgan fingerprint density at radius 1 is 1.75 bits per heavy atom. The molecule has 0 aromatic carbocycles. The second kappa shape index (κ2) is 2.62. The fraction of sp³-hybridized carbons (Fsp3) is 0.500. The monoisotopic (exact) mass is 164 g/mol. The van der Waals surface area contributed by atoms with Gasteiger partial charge in [-0.1, -0.05) is 0 Å². The molecular formula is C8H12N4. The van der Waals surface area contributed by atoms with Crippen molar-refractivity contribution in [1.29, 1.82) is 5.41 Å². The fourth-order valence-corrected chi connectivity index (χ4v) is 1.71. The number of aryl methyl sites for hydroxylation is 1. The lowest BCUT2D eigenvalue weighted by Crippen LogP contribution is -2.27. The van der Waals surface area contributed by atoms with Crippen LogP contribution in [0.4, 0.5) is 0 Å². The molecule has 4 nitrogen and oxygen atoms in total. The highest BCUT2D eigenvalue weighted by Gasteiger charge is 2.23. The number of nitrogens with zero attached hydrogens (tertiary/aromatic N) is 2. The molecule has 64 valence electrons. The largest absolute Gasteiger partial charge is 0.387 e. The average molecular weight is 164 g/mol. The number of nitrogens with two attached hydrogens (primary N) is 1. The molecule has 3 N–H and O–H groups in total. The van der Waals surface area contributed by atoms with Crippen molar-refractivity contribution in [3.63, 3.8) is 0 Å². The van der Waals surface area contributed by atoms with Crippen LogP contribution >= 0.6 is 0 Å². The molecule has 0 bridgehead atoms. The topological polar surface area (TPSA) is 67.7 Å². The maximum absolute atomic E-state index is 7.38. The van der Waals surface area contributed by atoms with Gasteiger partial charge >= 0.3 is 0 Å². The van der Waals surface area contributed by atoms with Crippen LogP contribution < -0.4 is 5.73 Å². The maximum atomic E-state index is 7.38. The van der Waals surface area contributed by atoms with Crippen molar-refractivity contribution in [2.75, 3.05) is 0 Å². The lowest BCUT2D eigenvalue weighted by atomic mass is 9.98. The second-order valence-electron chi connectivity index (χ2n) is 3.13. The van der Waals surface area contributed by atoms with E-state index in [4.69, 9.17) is 11.1 Å². The molecule has 0 radical (unpaired) electrons. The van der Waals surface area contributed by atoms with E-state index >= 15 is 0 Å². The van der Waals surface area contributed by atoms with Crippen molar-refractivity contribution < 1.29 is 0 Å². The molecule has 0 spiro atoms. The number of imidazole rings is 1. The molecule has 2 heterocycles. The first kappa shape index (κ1) is 7.34. The van der Waals surface area contributed by atoms with E-state index in [9.17, 15) is 0 Å². The minimum atomic E-state index is 0.0498. The molecule has 1 aromatic heterocycles. The first-order chi connectivity index (χ1) is 5.79. The van der Waals surface area contributed by atoms with Crippen molar-refractivity contribution in [3.05, 3.63) is 18.2 Å². The molecule has 1 aliphatic heterocycles. The van der Waals surface area contributed by atoms with Gasteiger partial charge in [0.2, 0.25) is 0 Å². The molecule has 1 atom stereocenters.